The molecule has 1 aliphatic rings. The average Bonchev–Trinajstić information content (AvgIpc) is 3.13. The van der Waals surface area contributed by atoms with Gasteiger partial charge in [-0.1, -0.05) is 0 Å². The number of aromatic nitrogens is 5. The Kier molecular flexibility index (Phi) is 3.96. The highest BCUT2D eigenvalue weighted by Crippen LogP contribution is 2.28. The smallest absolute Gasteiger partial charge is 0.257 e. The number of nitrogens with two attached hydrogens (primary N) is 1. The van der Waals surface area contributed by atoms with Crippen molar-refractivity contribution in [3.8, 4) is 5.95 Å². The van der Waals surface area contributed by atoms with Crippen molar-refractivity contribution in [1.29, 1.82) is 0 Å². The molecule has 2 aromatic rings. The SMILES string of the molecule is CN(CCOCC1CC1)c1nc(N)nc(-n2cccn2)n1. The van der Waals surface area contributed by atoms with Crippen LogP contribution < -0.4 is 10.6 Å². The predicted molar refractivity (Wildman–Crippen MR) is 78.2 cm³/mol. The van der Waals surface area contributed by atoms with Crippen LogP contribution in [-0.2, 0) is 4.74 Å². The van der Waals surface area contributed by atoms with E-state index in [9.17, 15) is 0 Å². The minimum absolute atomic E-state index is 0.177. The van der Waals surface area contributed by atoms with E-state index in [0.717, 1.165) is 12.5 Å². The normalized spacial score (nSPS) is 14.3. The number of hydrogen-bond acceptors (Lipinski definition) is 7. The van der Waals surface area contributed by atoms with Crippen LogP contribution in [0.1, 0.15) is 12.8 Å². The van der Waals surface area contributed by atoms with Gasteiger partial charge in [0.05, 0.1) is 6.61 Å². The summed E-state index contributed by atoms with van der Waals surface area (Å²) in [6.45, 7) is 2.20. The molecule has 0 atom stereocenters. The van der Waals surface area contributed by atoms with Crippen molar-refractivity contribution in [2.24, 2.45) is 5.92 Å². The highest BCUT2D eigenvalue weighted by Gasteiger charge is 2.21. The Morgan fingerprint density at radius 1 is 1.38 bits per heavy atom. The van der Waals surface area contributed by atoms with E-state index in [1.165, 1.54) is 12.8 Å². The standard InChI is InChI=1S/C13H19N7O/c1-19(7-8-21-9-10-3-4-10)12-16-11(14)17-13(18-12)20-6-2-5-15-20/h2,5-6,10H,3-4,7-9H2,1H3,(H2,14,16,17,18). The largest absolute Gasteiger partial charge is 0.379 e. The molecule has 1 aliphatic carbocycles. The molecule has 112 valence electrons. The van der Waals surface area contributed by atoms with Gasteiger partial charge >= 0.3 is 0 Å². The van der Waals surface area contributed by atoms with Crippen LogP contribution in [0.4, 0.5) is 11.9 Å². The Morgan fingerprint density at radius 3 is 2.95 bits per heavy atom. The molecule has 8 heteroatoms. The van der Waals surface area contributed by atoms with Crippen molar-refractivity contribution in [3.05, 3.63) is 18.5 Å². The molecular weight excluding hydrogens is 270 g/mol. The molecule has 2 aromatic heterocycles. The van der Waals surface area contributed by atoms with E-state index in [2.05, 4.69) is 20.1 Å². The number of anilines is 2. The molecule has 0 bridgehead atoms. The lowest BCUT2D eigenvalue weighted by molar-refractivity contribution is 0.130. The molecule has 0 saturated heterocycles. The summed E-state index contributed by atoms with van der Waals surface area (Å²) in [5, 5.41) is 4.09. The molecule has 3 rings (SSSR count). The van der Waals surface area contributed by atoms with Crippen molar-refractivity contribution < 1.29 is 4.74 Å². The zero-order valence-electron chi connectivity index (χ0n) is 12.0. The van der Waals surface area contributed by atoms with Crippen molar-refractivity contribution in [2.75, 3.05) is 37.4 Å². The highest BCUT2D eigenvalue weighted by molar-refractivity contribution is 5.36. The van der Waals surface area contributed by atoms with Crippen molar-refractivity contribution in [3.63, 3.8) is 0 Å². The second-order valence-electron chi connectivity index (χ2n) is 5.18. The molecule has 1 saturated carbocycles. The Bertz CT molecular complexity index is 582. The number of hydrogen-bond donors (Lipinski definition) is 1. The molecule has 2 heterocycles. The van der Waals surface area contributed by atoms with Crippen LogP contribution in [0.2, 0.25) is 0 Å². The minimum Gasteiger partial charge on any atom is -0.379 e. The first-order valence-corrected chi connectivity index (χ1v) is 7.03. The lowest BCUT2D eigenvalue weighted by Crippen LogP contribution is -2.26. The van der Waals surface area contributed by atoms with Gasteiger partial charge in [0.15, 0.2) is 0 Å². The Hall–Kier alpha value is -2.22. The summed E-state index contributed by atoms with van der Waals surface area (Å²) in [4.78, 5) is 14.5. The summed E-state index contributed by atoms with van der Waals surface area (Å²) in [6.07, 6.45) is 6.02. The highest BCUT2D eigenvalue weighted by atomic mass is 16.5. The van der Waals surface area contributed by atoms with Crippen molar-refractivity contribution in [1.82, 2.24) is 24.7 Å². The molecule has 0 amide bonds. The van der Waals surface area contributed by atoms with Gasteiger partial charge in [-0.15, -0.1) is 0 Å². The van der Waals surface area contributed by atoms with Gasteiger partial charge in [0.2, 0.25) is 11.9 Å². The van der Waals surface area contributed by atoms with Gasteiger partial charge in [-0.05, 0) is 24.8 Å². The topological polar surface area (TPSA) is 95.0 Å². The van der Waals surface area contributed by atoms with Crippen LogP contribution in [0.3, 0.4) is 0 Å². The summed E-state index contributed by atoms with van der Waals surface area (Å²) >= 11 is 0. The Labute approximate surface area is 123 Å². The van der Waals surface area contributed by atoms with E-state index in [1.807, 2.05) is 11.9 Å². The maximum atomic E-state index is 5.74. The third kappa shape index (κ3) is 3.66. The van der Waals surface area contributed by atoms with Gasteiger partial charge in [0, 0.05) is 32.6 Å². The van der Waals surface area contributed by atoms with Crippen molar-refractivity contribution >= 4 is 11.9 Å². The fourth-order valence-corrected chi connectivity index (χ4v) is 1.87. The molecule has 0 aliphatic heterocycles. The molecule has 0 aromatic carbocycles. The first-order valence-electron chi connectivity index (χ1n) is 7.03. The maximum Gasteiger partial charge on any atom is 0.257 e. The van der Waals surface area contributed by atoms with E-state index in [4.69, 9.17) is 10.5 Å². The quantitative estimate of drug-likeness (QED) is 0.742. The minimum atomic E-state index is 0.177. The van der Waals surface area contributed by atoms with Crippen LogP contribution in [0, 0.1) is 5.92 Å². The fraction of sp³-hybridized carbons (Fsp3) is 0.538. The zero-order valence-corrected chi connectivity index (χ0v) is 12.0. The number of nitrogens with zero attached hydrogens (tertiary/aromatic N) is 6. The third-order valence-corrected chi connectivity index (χ3v) is 3.30. The van der Waals surface area contributed by atoms with Crippen LogP contribution in [0.5, 0.6) is 0 Å². The number of ether oxygens (including phenoxy) is 1. The Morgan fingerprint density at radius 2 is 2.24 bits per heavy atom. The average molecular weight is 289 g/mol. The zero-order chi connectivity index (χ0) is 14.7. The summed E-state index contributed by atoms with van der Waals surface area (Å²) in [5.41, 5.74) is 5.74. The summed E-state index contributed by atoms with van der Waals surface area (Å²) in [7, 11) is 1.90. The molecule has 8 nitrogen and oxygen atoms in total. The molecule has 0 radical (unpaired) electrons. The van der Waals surface area contributed by atoms with E-state index < -0.39 is 0 Å². The maximum absolute atomic E-state index is 5.74. The van der Waals surface area contributed by atoms with E-state index in [1.54, 1.807) is 23.1 Å². The molecule has 0 spiro atoms. The number of likely N-dealkylation sites (N-methyl/N-ethyl adjacent to an activating group) is 1. The molecule has 21 heavy (non-hydrogen) atoms. The van der Waals surface area contributed by atoms with Crippen LogP contribution in [0.25, 0.3) is 5.95 Å². The monoisotopic (exact) mass is 289 g/mol. The van der Waals surface area contributed by atoms with Gasteiger partial charge in [0.1, 0.15) is 0 Å². The summed E-state index contributed by atoms with van der Waals surface area (Å²) in [5.74, 6) is 1.88. The molecule has 0 unspecified atom stereocenters. The second kappa shape index (κ2) is 6.04. The molecule has 1 fully saturated rings. The van der Waals surface area contributed by atoms with Crippen molar-refractivity contribution in [2.45, 2.75) is 12.8 Å². The van der Waals surface area contributed by atoms with E-state index >= 15 is 0 Å². The third-order valence-electron chi connectivity index (χ3n) is 3.30. The first-order chi connectivity index (χ1) is 10.2. The van der Waals surface area contributed by atoms with E-state index in [-0.39, 0.29) is 5.95 Å². The predicted octanol–water partition coefficient (Wildman–Crippen LogP) is 0.502. The first kappa shape index (κ1) is 13.7. The fourth-order valence-electron chi connectivity index (χ4n) is 1.87. The van der Waals surface area contributed by atoms with Gasteiger partial charge in [-0.3, -0.25) is 0 Å². The lowest BCUT2D eigenvalue weighted by Gasteiger charge is -2.17. The van der Waals surface area contributed by atoms with E-state index in [0.29, 0.717) is 25.0 Å². The lowest BCUT2D eigenvalue weighted by atomic mass is 10.5. The van der Waals surface area contributed by atoms with Gasteiger partial charge in [0.25, 0.3) is 5.95 Å². The Balaban J connectivity index is 1.62. The van der Waals surface area contributed by atoms with Gasteiger partial charge < -0.3 is 15.4 Å². The van der Waals surface area contributed by atoms with Crippen LogP contribution in [-0.4, -0.2) is 51.5 Å². The second-order valence-corrected chi connectivity index (χ2v) is 5.18. The molecule has 2 N–H and O–H groups in total. The van der Waals surface area contributed by atoms with Gasteiger partial charge in [-0.2, -0.15) is 20.1 Å². The molecular formula is C13H19N7O. The number of nitrogen functional groups attached to an aromatic ring is 1. The number of rotatable bonds is 7. The van der Waals surface area contributed by atoms with Crippen LogP contribution >= 0.6 is 0 Å². The summed E-state index contributed by atoms with van der Waals surface area (Å²) in [6, 6.07) is 1.80. The van der Waals surface area contributed by atoms with Crippen LogP contribution in [0.15, 0.2) is 18.5 Å². The van der Waals surface area contributed by atoms with Gasteiger partial charge in [-0.25, -0.2) is 4.68 Å². The summed E-state index contributed by atoms with van der Waals surface area (Å²) < 4.78 is 7.18.